The summed E-state index contributed by atoms with van der Waals surface area (Å²) in [6.07, 6.45) is 2.69. The maximum atomic E-state index is 14.0. The van der Waals surface area contributed by atoms with Crippen molar-refractivity contribution in [3.63, 3.8) is 0 Å². The third-order valence-corrected chi connectivity index (χ3v) is 8.74. The van der Waals surface area contributed by atoms with Crippen LogP contribution in [0.2, 0.25) is 0 Å². The van der Waals surface area contributed by atoms with E-state index < -0.39 is 28.5 Å². The minimum atomic E-state index is -4.13. The normalized spacial score (nSPS) is 11.9. The van der Waals surface area contributed by atoms with Gasteiger partial charge in [-0.05, 0) is 68.1 Å². The van der Waals surface area contributed by atoms with Crippen LogP contribution in [-0.2, 0) is 26.0 Å². The molecule has 1 N–H and O–H groups in total. The van der Waals surface area contributed by atoms with Crippen molar-refractivity contribution >= 4 is 27.5 Å². The van der Waals surface area contributed by atoms with Crippen molar-refractivity contribution in [1.82, 2.24) is 10.2 Å². The number of hydrogen-bond donors (Lipinski definition) is 1. The Morgan fingerprint density at radius 1 is 0.927 bits per heavy atom. The first-order valence-corrected chi connectivity index (χ1v) is 15.5. The molecule has 41 heavy (non-hydrogen) atoms. The van der Waals surface area contributed by atoms with Gasteiger partial charge >= 0.3 is 0 Å². The lowest BCUT2D eigenvalue weighted by Crippen LogP contribution is -2.53. The Hall–Kier alpha value is -3.85. The number of aryl methyl sites for hydroxylation is 1. The molecule has 0 radical (unpaired) electrons. The fourth-order valence-electron chi connectivity index (χ4n) is 4.52. The second kappa shape index (κ2) is 15.2. The van der Waals surface area contributed by atoms with Crippen LogP contribution in [0.15, 0.2) is 83.8 Å². The van der Waals surface area contributed by atoms with Crippen LogP contribution in [0.1, 0.15) is 44.2 Å². The summed E-state index contributed by atoms with van der Waals surface area (Å²) < 4.78 is 34.2. The van der Waals surface area contributed by atoms with Crippen molar-refractivity contribution in [2.24, 2.45) is 0 Å². The first-order valence-electron chi connectivity index (χ1n) is 14.1. The Labute approximate surface area is 244 Å². The largest absolute Gasteiger partial charge is 0.497 e. The summed E-state index contributed by atoms with van der Waals surface area (Å²) in [6.45, 7) is 6.15. The first-order chi connectivity index (χ1) is 19.7. The van der Waals surface area contributed by atoms with Gasteiger partial charge in [-0.3, -0.25) is 13.9 Å². The smallest absolute Gasteiger partial charge is 0.264 e. The van der Waals surface area contributed by atoms with Gasteiger partial charge in [-0.25, -0.2) is 8.42 Å². The van der Waals surface area contributed by atoms with E-state index in [2.05, 4.69) is 5.32 Å². The molecule has 9 heteroatoms. The van der Waals surface area contributed by atoms with Gasteiger partial charge in [0.25, 0.3) is 10.0 Å². The zero-order chi connectivity index (χ0) is 29.8. The quantitative estimate of drug-likeness (QED) is 0.257. The van der Waals surface area contributed by atoms with E-state index in [1.165, 1.54) is 24.1 Å². The number of nitrogens with one attached hydrogen (secondary N) is 1. The van der Waals surface area contributed by atoms with Crippen LogP contribution in [0.5, 0.6) is 5.75 Å². The Bertz CT molecular complexity index is 1360. The van der Waals surface area contributed by atoms with Gasteiger partial charge in [-0.15, -0.1) is 0 Å². The Morgan fingerprint density at radius 2 is 1.59 bits per heavy atom. The molecule has 0 saturated heterocycles. The second-order valence-electron chi connectivity index (χ2n) is 9.91. The molecule has 0 spiro atoms. The van der Waals surface area contributed by atoms with Gasteiger partial charge in [0, 0.05) is 13.1 Å². The molecule has 0 saturated carbocycles. The number of carbonyl (C=O) groups excluding carboxylic acids is 2. The molecule has 0 aliphatic rings. The van der Waals surface area contributed by atoms with Crippen LogP contribution in [0.3, 0.4) is 0 Å². The molecule has 3 aromatic rings. The van der Waals surface area contributed by atoms with Gasteiger partial charge in [0.15, 0.2) is 0 Å². The van der Waals surface area contributed by atoms with Crippen molar-refractivity contribution in [1.29, 1.82) is 0 Å². The van der Waals surface area contributed by atoms with Gasteiger partial charge in [0.2, 0.25) is 11.8 Å². The summed E-state index contributed by atoms with van der Waals surface area (Å²) in [6, 6.07) is 22.0. The molecule has 0 bridgehead atoms. The predicted octanol–water partition coefficient (Wildman–Crippen LogP) is 4.97. The molecule has 0 aromatic heterocycles. The van der Waals surface area contributed by atoms with Crippen LogP contribution < -0.4 is 14.4 Å². The summed E-state index contributed by atoms with van der Waals surface area (Å²) in [4.78, 5) is 28.8. The van der Waals surface area contributed by atoms with Crippen molar-refractivity contribution in [2.75, 3.05) is 31.0 Å². The fourth-order valence-corrected chi connectivity index (χ4v) is 5.93. The van der Waals surface area contributed by atoms with Crippen molar-refractivity contribution in [3.05, 3.63) is 90.0 Å². The van der Waals surface area contributed by atoms with E-state index in [1.54, 1.807) is 36.4 Å². The van der Waals surface area contributed by atoms with E-state index >= 15 is 0 Å². The molecule has 0 heterocycles. The number of ether oxygens (including phenoxy) is 1. The molecular weight excluding hydrogens is 538 g/mol. The molecule has 0 aliphatic heterocycles. The zero-order valence-corrected chi connectivity index (χ0v) is 25.2. The number of methoxy groups -OCH3 is 1. The minimum absolute atomic E-state index is 0.0341. The van der Waals surface area contributed by atoms with Crippen LogP contribution in [0.4, 0.5) is 5.69 Å². The lowest BCUT2D eigenvalue weighted by Gasteiger charge is -2.33. The maximum Gasteiger partial charge on any atom is 0.264 e. The Kier molecular flexibility index (Phi) is 11.8. The number of sulfonamides is 1. The SMILES string of the molecule is CCCCNC(=O)C(CC)N(CCc1ccccc1)C(=O)CN(c1ccc(C)cc1)S(=O)(=O)c1ccc(OC)cc1. The van der Waals surface area contributed by atoms with E-state index in [0.717, 1.165) is 28.3 Å². The second-order valence-corrected chi connectivity index (χ2v) is 11.8. The molecule has 0 aliphatic carbocycles. The molecule has 3 aromatic carbocycles. The van der Waals surface area contributed by atoms with Gasteiger partial charge in [0.1, 0.15) is 18.3 Å². The monoisotopic (exact) mass is 579 g/mol. The van der Waals surface area contributed by atoms with Gasteiger partial charge in [0.05, 0.1) is 17.7 Å². The van der Waals surface area contributed by atoms with E-state index in [9.17, 15) is 18.0 Å². The lowest BCUT2D eigenvalue weighted by molar-refractivity contribution is -0.139. The number of anilines is 1. The number of unbranched alkanes of at least 4 members (excludes halogenated alkanes) is 1. The minimum Gasteiger partial charge on any atom is -0.497 e. The summed E-state index contributed by atoms with van der Waals surface area (Å²) >= 11 is 0. The lowest BCUT2D eigenvalue weighted by atomic mass is 10.1. The highest BCUT2D eigenvalue weighted by Crippen LogP contribution is 2.26. The highest BCUT2D eigenvalue weighted by Gasteiger charge is 2.33. The van der Waals surface area contributed by atoms with Crippen LogP contribution in [-0.4, -0.2) is 57.9 Å². The average molecular weight is 580 g/mol. The Balaban J connectivity index is 1.98. The number of nitrogens with zero attached hydrogens (tertiary/aromatic N) is 2. The summed E-state index contributed by atoms with van der Waals surface area (Å²) in [5.41, 5.74) is 2.34. The number of rotatable bonds is 15. The molecule has 1 unspecified atom stereocenters. The van der Waals surface area contributed by atoms with E-state index in [4.69, 9.17) is 4.74 Å². The first kappa shape index (κ1) is 31.7. The molecule has 2 amide bonds. The highest BCUT2D eigenvalue weighted by molar-refractivity contribution is 7.92. The summed E-state index contributed by atoms with van der Waals surface area (Å²) in [5, 5.41) is 2.95. The molecule has 3 rings (SSSR count). The average Bonchev–Trinajstić information content (AvgIpc) is 2.99. The molecular formula is C32H41N3O5S. The van der Waals surface area contributed by atoms with Crippen molar-refractivity contribution in [2.45, 2.75) is 57.4 Å². The van der Waals surface area contributed by atoms with Crippen LogP contribution in [0.25, 0.3) is 0 Å². The van der Waals surface area contributed by atoms with E-state index in [1.807, 2.05) is 51.1 Å². The summed E-state index contributed by atoms with van der Waals surface area (Å²) in [5.74, 6) is -0.160. The topological polar surface area (TPSA) is 96.0 Å². The fraction of sp³-hybridized carbons (Fsp3) is 0.375. The third-order valence-electron chi connectivity index (χ3n) is 6.95. The number of benzene rings is 3. The maximum absolute atomic E-state index is 14.0. The van der Waals surface area contributed by atoms with Gasteiger partial charge < -0.3 is 15.0 Å². The number of hydrogen-bond acceptors (Lipinski definition) is 5. The summed E-state index contributed by atoms with van der Waals surface area (Å²) in [7, 11) is -2.62. The van der Waals surface area contributed by atoms with Crippen molar-refractivity contribution in [3.8, 4) is 5.75 Å². The number of carbonyl (C=O) groups is 2. The standard InChI is InChI=1S/C32H41N3O5S/c1-5-7-22-33-32(37)30(6-2)34(23-21-26-11-9-8-10-12-26)31(36)24-35(27-15-13-25(3)14-16-27)41(38,39)29-19-17-28(40-4)18-20-29/h8-20,30H,5-7,21-24H2,1-4H3,(H,33,37). The van der Waals surface area contributed by atoms with E-state index in [-0.39, 0.29) is 17.3 Å². The Morgan fingerprint density at radius 3 is 2.17 bits per heavy atom. The van der Waals surface area contributed by atoms with Crippen LogP contribution in [0, 0.1) is 6.92 Å². The third kappa shape index (κ3) is 8.57. The molecule has 220 valence electrons. The predicted molar refractivity (Wildman–Crippen MR) is 163 cm³/mol. The van der Waals surface area contributed by atoms with Gasteiger partial charge in [-0.1, -0.05) is 68.3 Å². The van der Waals surface area contributed by atoms with Gasteiger partial charge in [-0.2, -0.15) is 0 Å². The molecule has 1 atom stereocenters. The zero-order valence-electron chi connectivity index (χ0n) is 24.4. The van der Waals surface area contributed by atoms with E-state index in [0.29, 0.717) is 30.8 Å². The van der Waals surface area contributed by atoms with Crippen molar-refractivity contribution < 1.29 is 22.7 Å². The highest BCUT2D eigenvalue weighted by atomic mass is 32.2. The number of amides is 2. The molecule has 0 fully saturated rings. The van der Waals surface area contributed by atoms with Crippen LogP contribution >= 0.6 is 0 Å². The molecule has 8 nitrogen and oxygen atoms in total.